The van der Waals surface area contributed by atoms with Crippen LogP contribution in [0.3, 0.4) is 0 Å². The number of aromatic nitrogens is 1. The minimum Gasteiger partial charge on any atom is -0.338 e. The fourth-order valence-electron chi connectivity index (χ4n) is 4.27. The first-order chi connectivity index (χ1) is 11.2. The Balaban J connectivity index is 1.44. The largest absolute Gasteiger partial charge is 0.338 e. The third kappa shape index (κ3) is 3.18. The van der Waals surface area contributed by atoms with E-state index in [9.17, 15) is 4.79 Å². The molecule has 3 aliphatic heterocycles. The summed E-state index contributed by atoms with van der Waals surface area (Å²) in [7, 11) is 0. The minimum atomic E-state index is 0.220. The summed E-state index contributed by atoms with van der Waals surface area (Å²) in [5, 5.41) is 3.42. The molecule has 0 spiro atoms. The molecule has 4 heterocycles. The van der Waals surface area contributed by atoms with Crippen molar-refractivity contribution in [1.82, 2.24) is 14.8 Å². The van der Waals surface area contributed by atoms with Crippen molar-refractivity contribution in [2.24, 2.45) is 11.8 Å². The van der Waals surface area contributed by atoms with Crippen LogP contribution in [0.2, 0.25) is 0 Å². The molecule has 0 radical (unpaired) electrons. The molecule has 4 nitrogen and oxygen atoms in total. The molecule has 4 fully saturated rings. The van der Waals surface area contributed by atoms with Crippen molar-refractivity contribution >= 4 is 17.2 Å². The molecule has 1 aliphatic carbocycles. The molecule has 3 saturated heterocycles. The van der Waals surface area contributed by atoms with Gasteiger partial charge in [-0.1, -0.05) is 13.3 Å². The van der Waals surface area contributed by atoms with Crippen LogP contribution in [-0.2, 0) is 17.8 Å². The van der Waals surface area contributed by atoms with Crippen molar-refractivity contribution in [3.05, 3.63) is 16.1 Å². The zero-order valence-corrected chi connectivity index (χ0v) is 14.9. The van der Waals surface area contributed by atoms with Crippen molar-refractivity contribution in [3.63, 3.8) is 0 Å². The van der Waals surface area contributed by atoms with E-state index in [1.54, 1.807) is 11.3 Å². The summed E-state index contributed by atoms with van der Waals surface area (Å²) in [4.78, 5) is 22.3. The molecule has 2 atom stereocenters. The van der Waals surface area contributed by atoms with Crippen LogP contribution in [-0.4, -0.2) is 46.4 Å². The maximum Gasteiger partial charge on any atom is 0.227 e. The van der Waals surface area contributed by atoms with Crippen LogP contribution in [0.15, 0.2) is 5.38 Å². The van der Waals surface area contributed by atoms with Gasteiger partial charge in [0, 0.05) is 37.6 Å². The lowest BCUT2D eigenvalue weighted by Crippen LogP contribution is -2.50. The van der Waals surface area contributed by atoms with E-state index >= 15 is 0 Å². The van der Waals surface area contributed by atoms with E-state index in [4.69, 9.17) is 4.98 Å². The van der Waals surface area contributed by atoms with Crippen LogP contribution in [0.25, 0.3) is 0 Å². The molecule has 23 heavy (non-hydrogen) atoms. The molecule has 1 aromatic heterocycles. The Morgan fingerprint density at radius 1 is 1.26 bits per heavy atom. The molecule has 126 valence electrons. The number of piperidine rings is 1. The second-order valence-electron chi connectivity index (χ2n) is 7.50. The Morgan fingerprint density at radius 3 is 2.83 bits per heavy atom. The molecular weight excluding hydrogens is 306 g/mol. The summed E-state index contributed by atoms with van der Waals surface area (Å²) >= 11 is 1.77. The molecule has 5 heteroatoms. The van der Waals surface area contributed by atoms with Gasteiger partial charge in [0.1, 0.15) is 0 Å². The highest BCUT2D eigenvalue weighted by Gasteiger charge is 2.41. The second-order valence-corrected chi connectivity index (χ2v) is 8.44. The fraction of sp³-hybridized carbons (Fsp3) is 0.778. The Morgan fingerprint density at radius 2 is 2.13 bits per heavy atom. The fourth-order valence-corrected chi connectivity index (χ4v) is 5.00. The SMILES string of the molecule is CCc1nc(CN2C[C@@H]3CC[C@H](C2)N(CC2CCC2)C3=O)cs1. The van der Waals surface area contributed by atoms with Gasteiger partial charge in [0.25, 0.3) is 0 Å². The van der Waals surface area contributed by atoms with Crippen molar-refractivity contribution in [3.8, 4) is 0 Å². The number of fused-ring (bicyclic) bond motifs is 4. The maximum absolute atomic E-state index is 12.8. The minimum absolute atomic E-state index is 0.220. The summed E-state index contributed by atoms with van der Waals surface area (Å²) in [6.07, 6.45) is 7.29. The van der Waals surface area contributed by atoms with Gasteiger partial charge in [0.15, 0.2) is 0 Å². The molecule has 1 aromatic rings. The number of rotatable bonds is 5. The molecule has 2 bridgehead atoms. The normalized spacial score (nSPS) is 28.9. The van der Waals surface area contributed by atoms with Crippen LogP contribution in [0.1, 0.15) is 49.7 Å². The number of nitrogens with zero attached hydrogens (tertiary/aromatic N) is 3. The van der Waals surface area contributed by atoms with Gasteiger partial charge < -0.3 is 4.90 Å². The molecule has 0 aromatic carbocycles. The number of carbonyl (C=O) groups excluding carboxylic acids is 1. The van der Waals surface area contributed by atoms with E-state index in [1.165, 1.54) is 36.4 Å². The first kappa shape index (κ1) is 15.6. The Bertz CT molecular complexity index is 568. The smallest absolute Gasteiger partial charge is 0.227 e. The lowest BCUT2D eigenvalue weighted by molar-refractivity contribution is -0.141. The third-order valence-corrected chi connectivity index (χ3v) is 6.88. The predicted octanol–water partition coefficient (Wildman–Crippen LogP) is 2.93. The van der Waals surface area contributed by atoms with Gasteiger partial charge in [-0.05, 0) is 38.0 Å². The third-order valence-electron chi connectivity index (χ3n) is 5.84. The average molecular weight is 334 g/mol. The van der Waals surface area contributed by atoms with E-state index in [0.29, 0.717) is 11.9 Å². The van der Waals surface area contributed by atoms with Gasteiger partial charge in [0.05, 0.1) is 16.6 Å². The molecular formula is C18H27N3OS. The highest BCUT2D eigenvalue weighted by Crippen LogP contribution is 2.34. The number of amides is 1. The number of carbonyl (C=O) groups is 1. The van der Waals surface area contributed by atoms with Gasteiger partial charge in [-0.2, -0.15) is 0 Å². The molecule has 1 saturated carbocycles. The topological polar surface area (TPSA) is 36.4 Å². The molecule has 5 rings (SSSR count). The highest BCUT2D eigenvalue weighted by atomic mass is 32.1. The number of hydrogen-bond donors (Lipinski definition) is 0. The zero-order valence-electron chi connectivity index (χ0n) is 14.0. The molecule has 1 amide bonds. The predicted molar refractivity (Wildman–Crippen MR) is 92.3 cm³/mol. The monoisotopic (exact) mass is 333 g/mol. The van der Waals surface area contributed by atoms with Gasteiger partial charge in [-0.15, -0.1) is 11.3 Å². The Labute approximate surface area is 142 Å². The van der Waals surface area contributed by atoms with Gasteiger partial charge in [-0.3, -0.25) is 9.69 Å². The van der Waals surface area contributed by atoms with E-state index < -0.39 is 0 Å². The molecule has 0 N–H and O–H groups in total. The van der Waals surface area contributed by atoms with Crippen molar-refractivity contribution < 1.29 is 4.79 Å². The maximum atomic E-state index is 12.8. The summed E-state index contributed by atoms with van der Waals surface area (Å²) in [5.41, 5.74) is 1.19. The van der Waals surface area contributed by atoms with E-state index in [-0.39, 0.29) is 5.92 Å². The summed E-state index contributed by atoms with van der Waals surface area (Å²) in [5.74, 6) is 1.43. The highest BCUT2D eigenvalue weighted by molar-refractivity contribution is 7.09. The van der Waals surface area contributed by atoms with Crippen LogP contribution in [0, 0.1) is 11.8 Å². The van der Waals surface area contributed by atoms with Gasteiger partial charge in [-0.25, -0.2) is 4.98 Å². The lowest BCUT2D eigenvalue weighted by Gasteiger charge is -2.40. The lowest BCUT2D eigenvalue weighted by atomic mass is 9.83. The van der Waals surface area contributed by atoms with E-state index in [1.807, 2.05) is 0 Å². The van der Waals surface area contributed by atoms with Crippen molar-refractivity contribution in [2.75, 3.05) is 19.6 Å². The van der Waals surface area contributed by atoms with Crippen LogP contribution >= 0.6 is 11.3 Å². The Hall–Kier alpha value is -0.940. The quantitative estimate of drug-likeness (QED) is 0.831. The van der Waals surface area contributed by atoms with Crippen LogP contribution in [0.5, 0.6) is 0 Å². The van der Waals surface area contributed by atoms with E-state index in [2.05, 4.69) is 22.1 Å². The number of hydrogen-bond acceptors (Lipinski definition) is 4. The number of aryl methyl sites for hydroxylation is 1. The Kier molecular flexibility index (Phi) is 4.41. The second kappa shape index (κ2) is 6.52. The molecule has 4 aliphatic rings. The van der Waals surface area contributed by atoms with Crippen molar-refractivity contribution in [1.29, 1.82) is 0 Å². The van der Waals surface area contributed by atoms with E-state index in [0.717, 1.165) is 44.9 Å². The molecule has 0 unspecified atom stereocenters. The first-order valence-electron chi connectivity index (χ1n) is 9.19. The zero-order chi connectivity index (χ0) is 15.8. The van der Waals surface area contributed by atoms with Crippen LogP contribution < -0.4 is 0 Å². The van der Waals surface area contributed by atoms with Crippen LogP contribution in [0.4, 0.5) is 0 Å². The van der Waals surface area contributed by atoms with Gasteiger partial charge in [0.2, 0.25) is 5.91 Å². The van der Waals surface area contributed by atoms with Gasteiger partial charge >= 0.3 is 0 Å². The summed E-state index contributed by atoms with van der Waals surface area (Å²) < 4.78 is 0. The summed E-state index contributed by atoms with van der Waals surface area (Å²) in [6.45, 7) is 6.05. The number of thiazole rings is 1. The average Bonchev–Trinajstić information content (AvgIpc) is 2.79. The summed E-state index contributed by atoms with van der Waals surface area (Å²) in [6, 6.07) is 0.436. The standard InChI is InChI=1S/C18H27N3OS/c1-2-17-19-15(12-23-17)10-20-9-14-6-7-16(11-20)21(18(14)22)8-13-4-3-5-13/h12-14,16H,2-11H2,1H3/t14-,16+/m0/s1. The first-order valence-corrected chi connectivity index (χ1v) is 10.1. The van der Waals surface area contributed by atoms with Crippen molar-refractivity contribution in [2.45, 2.75) is 58.0 Å².